The second-order valence-electron chi connectivity index (χ2n) is 5.20. The average molecular weight is 244 g/mol. The predicted octanol–water partition coefficient (Wildman–Crippen LogP) is 2.72. The number of hydrogen-bond acceptors (Lipinski definition) is 3. The summed E-state index contributed by atoms with van der Waals surface area (Å²) in [5.74, 6) is 0.940. The van der Waals surface area contributed by atoms with Crippen molar-refractivity contribution in [3.8, 4) is 11.8 Å². The van der Waals surface area contributed by atoms with Crippen molar-refractivity contribution < 1.29 is 4.74 Å². The van der Waals surface area contributed by atoms with E-state index in [1.54, 1.807) is 0 Å². The Bertz CT molecular complexity index is 478. The van der Waals surface area contributed by atoms with E-state index in [4.69, 9.17) is 4.74 Å². The summed E-state index contributed by atoms with van der Waals surface area (Å²) in [5.41, 5.74) is 2.00. The summed E-state index contributed by atoms with van der Waals surface area (Å²) >= 11 is 0. The highest BCUT2D eigenvalue weighted by molar-refractivity contribution is 5.36. The van der Waals surface area contributed by atoms with Crippen LogP contribution in [0.2, 0.25) is 0 Å². The third kappa shape index (κ3) is 2.49. The molecular formula is C15H20N2O. The van der Waals surface area contributed by atoms with Gasteiger partial charge in [-0.2, -0.15) is 5.26 Å². The summed E-state index contributed by atoms with van der Waals surface area (Å²) in [4.78, 5) is 0. The van der Waals surface area contributed by atoms with E-state index in [0.29, 0.717) is 0 Å². The van der Waals surface area contributed by atoms with Gasteiger partial charge in [0.15, 0.2) is 0 Å². The van der Waals surface area contributed by atoms with E-state index < -0.39 is 5.54 Å². The molecule has 1 aliphatic rings. The highest BCUT2D eigenvalue weighted by atomic mass is 16.5. The molecule has 1 fully saturated rings. The number of nitriles is 1. The van der Waals surface area contributed by atoms with Gasteiger partial charge in [0.05, 0.1) is 6.07 Å². The highest BCUT2D eigenvalue weighted by Gasteiger charge is 2.39. The normalized spacial score (nSPS) is 26.9. The van der Waals surface area contributed by atoms with Gasteiger partial charge in [-0.05, 0) is 45.4 Å². The van der Waals surface area contributed by atoms with Crippen molar-refractivity contribution in [1.29, 1.82) is 5.26 Å². The van der Waals surface area contributed by atoms with Gasteiger partial charge in [-0.15, -0.1) is 0 Å². The molecule has 1 aromatic carbocycles. The van der Waals surface area contributed by atoms with Gasteiger partial charge in [-0.25, -0.2) is 0 Å². The van der Waals surface area contributed by atoms with Gasteiger partial charge in [-0.1, -0.05) is 17.7 Å². The van der Waals surface area contributed by atoms with Gasteiger partial charge in [0.25, 0.3) is 0 Å². The predicted molar refractivity (Wildman–Crippen MR) is 71.6 cm³/mol. The average Bonchev–Trinajstić information content (AvgIpc) is 2.77. The van der Waals surface area contributed by atoms with Crippen molar-refractivity contribution in [2.75, 3.05) is 7.05 Å². The fourth-order valence-electron chi connectivity index (χ4n) is 2.60. The Morgan fingerprint density at radius 3 is 2.78 bits per heavy atom. The minimum atomic E-state index is -0.400. The van der Waals surface area contributed by atoms with Crippen molar-refractivity contribution in [3.63, 3.8) is 0 Å². The summed E-state index contributed by atoms with van der Waals surface area (Å²) in [6.45, 7) is 4.14. The van der Waals surface area contributed by atoms with E-state index in [1.807, 2.05) is 13.1 Å². The highest BCUT2D eigenvalue weighted by Crippen LogP contribution is 2.33. The standard InChI is InChI=1S/C15H20N2O/c1-11-4-5-14(12(2)8-11)18-13-6-7-15(9-13,10-16)17-3/h4-5,8,13,17H,6-7,9H2,1-3H3. The topological polar surface area (TPSA) is 45.0 Å². The van der Waals surface area contributed by atoms with Gasteiger partial charge in [0.1, 0.15) is 17.4 Å². The van der Waals surface area contributed by atoms with Crippen LogP contribution in [-0.2, 0) is 0 Å². The summed E-state index contributed by atoms with van der Waals surface area (Å²) in [7, 11) is 1.85. The van der Waals surface area contributed by atoms with Crippen LogP contribution >= 0.6 is 0 Å². The van der Waals surface area contributed by atoms with Crippen molar-refractivity contribution in [1.82, 2.24) is 5.32 Å². The second kappa shape index (κ2) is 4.99. The largest absolute Gasteiger partial charge is 0.490 e. The molecule has 2 atom stereocenters. The molecule has 1 saturated carbocycles. The van der Waals surface area contributed by atoms with Gasteiger partial charge in [0.2, 0.25) is 0 Å². The first-order valence-electron chi connectivity index (χ1n) is 6.43. The van der Waals surface area contributed by atoms with E-state index in [0.717, 1.165) is 30.6 Å². The van der Waals surface area contributed by atoms with Crippen LogP contribution in [0.1, 0.15) is 30.4 Å². The summed E-state index contributed by atoms with van der Waals surface area (Å²) in [6, 6.07) is 8.59. The number of aryl methyl sites for hydroxylation is 2. The molecule has 2 unspecified atom stereocenters. The Balaban J connectivity index is 2.06. The van der Waals surface area contributed by atoms with Crippen molar-refractivity contribution >= 4 is 0 Å². The molecule has 0 spiro atoms. The third-order valence-electron chi connectivity index (χ3n) is 3.79. The third-order valence-corrected chi connectivity index (χ3v) is 3.79. The number of nitrogens with one attached hydrogen (secondary N) is 1. The first-order chi connectivity index (χ1) is 8.58. The van der Waals surface area contributed by atoms with E-state index in [9.17, 15) is 5.26 Å². The Morgan fingerprint density at radius 1 is 1.44 bits per heavy atom. The Morgan fingerprint density at radius 2 is 2.22 bits per heavy atom. The lowest BCUT2D eigenvalue weighted by atomic mass is 10.0. The van der Waals surface area contributed by atoms with Crippen molar-refractivity contribution in [2.45, 2.75) is 44.8 Å². The van der Waals surface area contributed by atoms with Gasteiger partial charge in [0, 0.05) is 6.42 Å². The van der Waals surface area contributed by atoms with E-state index >= 15 is 0 Å². The lowest BCUT2D eigenvalue weighted by Gasteiger charge is -2.20. The number of benzene rings is 1. The fraction of sp³-hybridized carbons (Fsp3) is 0.533. The molecular weight excluding hydrogens is 224 g/mol. The molecule has 0 amide bonds. The van der Waals surface area contributed by atoms with E-state index in [-0.39, 0.29) is 6.10 Å². The Kier molecular flexibility index (Phi) is 3.58. The Labute approximate surface area is 109 Å². The minimum Gasteiger partial charge on any atom is -0.490 e. The lowest BCUT2D eigenvalue weighted by molar-refractivity contribution is 0.200. The maximum absolute atomic E-state index is 9.22. The lowest BCUT2D eigenvalue weighted by Crippen LogP contribution is -2.39. The maximum atomic E-state index is 9.22. The molecule has 0 saturated heterocycles. The van der Waals surface area contributed by atoms with Crippen LogP contribution in [0.5, 0.6) is 5.75 Å². The van der Waals surface area contributed by atoms with Crippen LogP contribution in [0.4, 0.5) is 0 Å². The van der Waals surface area contributed by atoms with Crippen LogP contribution in [-0.4, -0.2) is 18.7 Å². The molecule has 3 nitrogen and oxygen atoms in total. The first kappa shape index (κ1) is 12.9. The number of hydrogen-bond donors (Lipinski definition) is 1. The van der Waals surface area contributed by atoms with Gasteiger partial charge in [-0.3, -0.25) is 0 Å². The molecule has 96 valence electrons. The zero-order valence-electron chi connectivity index (χ0n) is 11.3. The number of rotatable bonds is 3. The summed E-state index contributed by atoms with van der Waals surface area (Å²) in [6.07, 6.45) is 2.68. The molecule has 0 aliphatic heterocycles. The zero-order chi connectivity index (χ0) is 13.2. The van der Waals surface area contributed by atoms with Crippen LogP contribution in [0.25, 0.3) is 0 Å². The van der Waals surface area contributed by atoms with Crippen LogP contribution in [0.15, 0.2) is 18.2 Å². The van der Waals surface area contributed by atoms with Gasteiger partial charge >= 0.3 is 0 Å². The minimum absolute atomic E-state index is 0.138. The van der Waals surface area contributed by atoms with Gasteiger partial charge < -0.3 is 10.1 Å². The van der Waals surface area contributed by atoms with Crippen molar-refractivity contribution in [2.24, 2.45) is 0 Å². The number of ether oxygens (including phenoxy) is 1. The zero-order valence-corrected chi connectivity index (χ0v) is 11.3. The first-order valence-corrected chi connectivity index (χ1v) is 6.43. The quantitative estimate of drug-likeness (QED) is 0.889. The molecule has 18 heavy (non-hydrogen) atoms. The van der Waals surface area contributed by atoms with Crippen LogP contribution < -0.4 is 10.1 Å². The summed E-state index contributed by atoms with van der Waals surface area (Å²) in [5, 5.41) is 12.3. The molecule has 1 aliphatic carbocycles. The molecule has 0 radical (unpaired) electrons. The van der Waals surface area contributed by atoms with Crippen molar-refractivity contribution in [3.05, 3.63) is 29.3 Å². The molecule has 0 heterocycles. The second-order valence-corrected chi connectivity index (χ2v) is 5.20. The monoisotopic (exact) mass is 244 g/mol. The molecule has 1 N–H and O–H groups in total. The molecule has 0 bridgehead atoms. The van der Waals surface area contributed by atoms with E-state index in [1.165, 1.54) is 5.56 Å². The van der Waals surface area contributed by atoms with Crippen LogP contribution in [0, 0.1) is 25.2 Å². The van der Waals surface area contributed by atoms with E-state index in [2.05, 4.69) is 37.4 Å². The van der Waals surface area contributed by atoms with Crippen LogP contribution in [0.3, 0.4) is 0 Å². The smallest absolute Gasteiger partial charge is 0.122 e. The molecule has 3 heteroatoms. The Hall–Kier alpha value is -1.53. The molecule has 0 aromatic heterocycles. The summed E-state index contributed by atoms with van der Waals surface area (Å²) < 4.78 is 6.03. The number of nitrogens with zero attached hydrogens (tertiary/aromatic N) is 1. The molecule has 2 rings (SSSR count). The molecule has 1 aromatic rings. The SMILES string of the molecule is CNC1(C#N)CCC(Oc2ccc(C)cc2C)C1. The fourth-order valence-corrected chi connectivity index (χ4v) is 2.60. The maximum Gasteiger partial charge on any atom is 0.122 e.